The van der Waals surface area contributed by atoms with Crippen molar-refractivity contribution in [3.8, 4) is 55.9 Å². The Bertz CT molecular complexity index is 3090. The van der Waals surface area contributed by atoms with Crippen LogP contribution in [0.4, 0.5) is 0 Å². The van der Waals surface area contributed by atoms with E-state index in [0.717, 1.165) is 50.4 Å². The van der Waals surface area contributed by atoms with E-state index in [0.29, 0.717) is 0 Å². The molecule has 0 N–H and O–H groups in total. The third kappa shape index (κ3) is 5.41. The predicted molar refractivity (Wildman–Crippen MR) is 248 cm³/mol. The second-order valence-corrected chi connectivity index (χ2v) is 17.0. The van der Waals surface area contributed by atoms with Crippen molar-refractivity contribution in [3.63, 3.8) is 0 Å². The lowest BCUT2D eigenvalue weighted by Gasteiger charge is -2.48. The van der Waals surface area contributed by atoms with E-state index in [1.807, 2.05) is 24.0 Å². The molecule has 0 radical (unpaired) electrons. The van der Waals surface area contributed by atoms with E-state index in [9.17, 15) is 0 Å². The molecule has 9 aromatic rings. The number of pyridine rings is 1. The molecular weight excluding hydrogens is 747 g/mol. The number of hydrogen-bond donors (Lipinski definition) is 0. The Hall–Kier alpha value is -7.14. The second kappa shape index (κ2) is 14.0. The first kappa shape index (κ1) is 34.9. The van der Waals surface area contributed by atoms with Crippen LogP contribution in [0, 0.1) is 5.92 Å². The molecule has 4 heteroatoms. The molecule has 2 aromatic heterocycles. The summed E-state index contributed by atoms with van der Waals surface area (Å²) in [5.41, 5.74) is 16.8. The Morgan fingerprint density at radius 2 is 1.07 bits per heavy atom. The van der Waals surface area contributed by atoms with Gasteiger partial charge in [-0.1, -0.05) is 182 Å². The molecule has 60 heavy (non-hydrogen) atoms. The smallest absolute Gasteiger partial charge is 0.160 e. The molecule has 12 rings (SSSR count). The summed E-state index contributed by atoms with van der Waals surface area (Å²) in [5, 5.41) is 1.34. The summed E-state index contributed by atoms with van der Waals surface area (Å²) < 4.78 is 0. The first-order chi connectivity index (χ1) is 29.7. The number of aromatic nitrogens is 3. The largest absolute Gasteiger partial charge is 0.256 e. The van der Waals surface area contributed by atoms with Gasteiger partial charge < -0.3 is 0 Å². The molecule has 1 aliphatic heterocycles. The van der Waals surface area contributed by atoms with Crippen LogP contribution in [-0.2, 0) is 5.41 Å². The van der Waals surface area contributed by atoms with E-state index in [1.165, 1.54) is 49.4 Å². The maximum absolute atomic E-state index is 5.31. The third-order valence-electron chi connectivity index (χ3n) is 12.6. The Labute approximate surface area is 353 Å². The lowest BCUT2D eigenvalue weighted by Crippen LogP contribution is -2.44. The number of allylic oxidation sites excluding steroid dienone is 3. The van der Waals surface area contributed by atoms with E-state index in [2.05, 4.69) is 200 Å². The van der Waals surface area contributed by atoms with E-state index >= 15 is 0 Å². The number of rotatable bonds is 5. The fraction of sp³-hybridized carbons (Fsp3) is 0.0536. The predicted octanol–water partition coefficient (Wildman–Crippen LogP) is 13.8. The molecule has 3 aliphatic rings. The standard InChI is InChI=1S/C56H37N3S/c1-4-15-36(16-5-1)41-28-29-42(54-45(41)23-14-32-57-54)39-26-30-52-48(33-39)56(46-24-12-10-21-43(46)44-22-11-13-25-47(44)56)49-34-40(27-31-53(49)60-52)55-58-50(37-17-6-2-7-18-37)35-51(59-55)38-19-8-3-9-20-38/h1-35,49,53H. The molecule has 2 atom stereocenters. The van der Waals surface area contributed by atoms with Gasteiger partial charge in [-0.25, -0.2) is 9.97 Å². The van der Waals surface area contributed by atoms with Gasteiger partial charge in [0.15, 0.2) is 5.82 Å². The SMILES string of the molecule is C1=CC2Sc3ccc(-c4ccc(-c5ccccc5)c5cccnc45)cc3C3(c4ccccc4-c4ccccc43)C2C=C1c1nc(-c2ccccc2)cc(-c2ccccc2)n1. The van der Waals surface area contributed by atoms with Crippen LogP contribution in [0.3, 0.4) is 0 Å². The normalized spacial score (nSPS) is 16.8. The van der Waals surface area contributed by atoms with Crippen LogP contribution in [0.1, 0.15) is 22.5 Å². The van der Waals surface area contributed by atoms with Gasteiger partial charge in [0.25, 0.3) is 0 Å². The molecule has 7 aromatic carbocycles. The molecule has 3 nitrogen and oxygen atoms in total. The average molecular weight is 784 g/mol. The lowest BCUT2D eigenvalue weighted by atomic mass is 9.61. The quantitative estimate of drug-likeness (QED) is 0.174. The maximum atomic E-state index is 5.31. The highest BCUT2D eigenvalue weighted by atomic mass is 32.2. The number of nitrogens with zero attached hydrogens (tertiary/aromatic N) is 3. The van der Waals surface area contributed by atoms with Crippen LogP contribution in [0.2, 0.25) is 0 Å². The zero-order valence-corrected chi connectivity index (χ0v) is 33.4. The molecule has 0 fully saturated rings. The van der Waals surface area contributed by atoms with Crippen LogP contribution < -0.4 is 0 Å². The van der Waals surface area contributed by atoms with Crippen molar-refractivity contribution in [1.29, 1.82) is 0 Å². The first-order valence-corrected chi connectivity index (χ1v) is 21.5. The van der Waals surface area contributed by atoms with Crippen molar-refractivity contribution in [1.82, 2.24) is 15.0 Å². The van der Waals surface area contributed by atoms with Crippen LogP contribution >= 0.6 is 11.8 Å². The Morgan fingerprint density at radius 3 is 1.73 bits per heavy atom. The minimum Gasteiger partial charge on any atom is -0.256 e. The molecule has 282 valence electrons. The van der Waals surface area contributed by atoms with Gasteiger partial charge in [-0.3, -0.25) is 4.98 Å². The zero-order valence-electron chi connectivity index (χ0n) is 32.6. The number of benzene rings is 7. The lowest BCUT2D eigenvalue weighted by molar-refractivity contribution is 0.451. The second-order valence-electron chi connectivity index (χ2n) is 15.8. The summed E-state index contributed by atoms with van der Waals surface area (Å²) >= 11 is 1.97. The first-order valence-electron chi connectivity index (χ1n) is 20.6. The molecular formula is C56H37N3S. The molecule has 1 spiro atoms. The van der Waals surface area contributed by atoms with Gasteiger partial charge in [0, 0.05) is 49.9 Å². The van der Waals surface area contributed by atoms with Gasteiger partial charge in [-0.15, -0.1) is 11.8 Å². The Kier molecular flexibility index (Phi) is 8.14. The van der Waals surface area contributed by atoms with Gasteiger partial charge >= 0.3 is 0 Å². The van der Waals surface area contributed by atoms with Crippen LogP contribution in [0.25, 0.3) is 72.4 Å². The Morgan fingerprint density at radius 1 is 0.467 bits per heavy atom. The number of fused-ring (bicyclic) bond motifs is 10. The van der Waals surface area contributed by atoms with Crippen LogP contribution in [0.15, 0.2) is 217 Å². The highest BCUT2D eigenvalue weighted by Gasteiger charge is 2.55. The topological polar surface area (TPSA) is 38.7 Å². The fourth-order valence-electron chi connectivity index (χ4n) is 10.0. The summed E-state index contributed by atoms with van der Waals surface area (Å²) in [6, 6.07) is 67.8. The highest BCUT2D eigenvalue weighted by Crippen LogP contribution is 2.64. The Balaban J connectivity index is 1.08. The summed E-state index contributed by atoms with van der Waals surface area (Å²) in [6.45, 7) is 0. The van der Waals surface area contributed by atoms with E-state index in [4.69, 9.17) is 15.0 Å². The van der Waals surface area contributed by atoms with Gasteiger partial charge in [0.05, 0.1) is 22.3 Å². The van der Waals surface area contributed by atoms with E-state index in [-0.39, 0.29) is 11.2 Å². The highest BCUT2D eigenvalue weighted by molar-refractivity contribution is 8.00. The van der Waals surface area contributed by atoms with Crippen molar-refractivity contribution in [2.24, 2.45) is 5.92 Å². The minimum atomic E-state index is -0.475. The van der Waals surface area contributed by atoms with Gasteiger partial charge in [0.2, 0.25) is 0 Å². The molecule has 0 amide bonds. The molecule has 2 aliphatic carbocycles. The zero-order chi connectivity index (χ0) is 39.6. The van der Waals surface area contributed by atoms with Crippen molar-refractivity contribution in [3.05, 3.63) is 235 Å². The van der Waals surface area contributed by atoms with Crippen molar-refractivity contribution < 1.29 is 0 Å². The summed E-state index contributed by atoms with van der Waals surface area (Å²) in [5.74, 6) is 0.801. The van der Waals surface area contributed by atoms with Crippen LogP contribution in [-0.4, -0.2) is 20.2 Å². The average Bonchev–Trinajstić information content (AvgIpc) is 3.62. The summed E-state index contributed by atoms with van der Waals surface area (Å²) in [4.78, 5) is 17.0. The van der Waals surface area contributed by atoms with E-state index in [1.54, 1.807) is 0 Å². The molecule has 0 bridgehead atoms. The summed E-state index contributed by atoms with van der Waals surface area (Å²) in [6.07, 6.45) is 9.09. The molecule has 0 saturated heterocycles. The van der Waals surface area contributed by atoms with Gasteiger partial charge in [-0.05, 0) is 68.8 Å². The molecule has 3 heterocycles. The third-order valence-corrected chi connectivity index (χ3v) is 14.0. The van der Waals surface area contributed by atoms with Gasteiger partial charge in [0.1, 0.15) is 0 Å². The van der Waals surface area contributed by atoms with Gasteiger partial charge in [-0.2, -0.15) is 0 Å². The molecule has 0 saturated carbocycles. The fourth-order valence-corrected chi connectivity index (χ4v) is 11.4. The monoisotopic (exact) mass is 783 g/mol. The summed E-state index contributed by atoms with van der Waals surface area (Å²) in [7, 11) is 0. The maximum Gasteiger partial charge on any atom is 0.160 e. The van der Waals surface area contributed by atoms with Crippen LogP contribution in [0.5, 0.6) is 0 Å². The minimum absolute atomic E-state index is 0.0644. The number of thioether (sulfide) groups is 1. The molecule has 2 unspecified atom stereocenters. The van der Waals surface area contributed by atoms with E-state index < -0.39 is 5.41 Å². The van der Waals surface area contributed by atoms with Crippen molar-refractivity contribution in [2.45, 2.75) is 15.6 Å². The van der Waals surface area contributed by atoms with Crippen molar-refractivity contribution in [2.75, 3.05) is 0 Å². The number of hydrogen-bond acceptors (Lipinski definition) is 4. The van der Waals surface area contributed by atoms with Crippen molar-refractivity contribution >= 4 is 28.2 Å².